The Morgan fingerprint density at radius 3 is 1.81 bits per heavy atom. The SMILES string of the molecule is CCCCCCCC[C@H]1CC[C@](C(=O)O)(C2(C(=O)O)CCCCC2)CC1. The van der Waals surface area contributed by atoms with E-state index in [2.05, 4.69) is 6.92 Å². The molecule has 0 amide bonds. The molecule has 26 heavy (non-hydrogen) atoms. The summed E-state index contributed by atoms with van der Waals surface area (Å²) < 4.78 is 0. The molecule has 0 aromatic rings. The predicted molar refractivity (Wildman–Crippen MR) is 103 cm³/mol. The van der Waals surface area contributed by atoms with Gasteiger partial charge in [0.1, 0.15) is 0 Å². The Kier molecular flexibility index (Phi) is 7.97. The number of aliphatic carboxylic acids is 2. The largest absolute Gasteiger partial charge is 0.481 e. The summed E-state index contributed by atoms with van der Waals surface area (Å²) in [5, 5.41) is 20.1. The number of carboxylic acid groups (broad SMARTS) is 2. The number of hydrogen-bond donors (Lipinski definition) is 2. The Hall–Kier alpha value is -1.06. The third-order valence-corrected chi connectivity index (χ3v) is 7.37. The maximum atomic E-state index is 12.3. The van der Waals surface area contributed by atoms with Crippen LogP contribution in [-0.4, -0.2) is 22.2 Å². The van der Waals surface area contributed by atoms with Gasteiger partial charge in [-0.15, -0.1) is 0 Å². The summed E-state index contributed by atoms with van der Waals surface area (Å²) in [4.78, 5) is 24.5. The highest BCUT2D eigenvalue weighted by molar-refractivity contribution is 5.87. The highest BCUT2D eigenvalue weighted by Gasteiger charge is 2.61. The molecule has 2 saturated carbocycles. The van der Waals surface area contributed by atoms with Crippen molar-refractivity contribution < 1.29 is 19.8 Å². The first-order chi connectivity index (χ1) is 12.5. The van der Waals surface area contributed by atoms with Crippen molar-refractivity contribution in [3.63, 3.8) is 0 Å². The molecule has 0 atom stereocenters. The van der Waals surface area contributed by atoms with Gasteiger partial charge in [-0.05, 0) is 44.4 Å². The molecule has 0 heterocycles. The van der Waals surface area contributed by atoms with Crippen LogP contribution in [0.15, 0.2) is 0 Å². The lowest BCUT2D eigenvalue weighted by atomic mass is 9.51. The molecule has 4 nitrogen and oxygen atoms in total. The van der Waals surface area contributed by atoms with Crippen LogP contribution in [-0.2, 0) is 9.59 Å². The second-order valence-electron chi connectivity index (χ2n) is 8.83. The first-order valence-corrected chi connectivity index (χ1v) is 11.0. The minimum Gasteiger partial charge on any atom is -0.481 e. The highest BCUT2D eigenvalue weighted by atomic mass is 16.4. The minimum absolute atomic E-state index is 0.538. The van der Waals surface area contributed by atoms with E-state index < -0.39 is 22.8 Å². The Labute approximate surface area is 158 Å². The molecule has 2 aliphatic rings. The molecule has 2 fully saturated rings. The average molecular weight is 367 g/mol. The molecule has 0 aliphatic heterocycles. The number of unbranched alkanes of at least 4 members (excludes halogenated alkanes) is 5. The smallest absolute Gasteiger partial charge is 0.310 e. The maximum absolute atomic E-state index is 12.3. The van der Waals surface area contributed by atoms with Gasteiger partial charge >= 0.3 is 11.9 Å². The van der Waals surface area contributed by atoms with E-state index in [1.807, 2.05) is 0 Å². The van der Waals surface area contributed by atoms with Gasteiger partial charge in [0.15, 0.2) is 0 Å². The molecular formula is C22H38O4. The van der Waals surface area contributed by atoms with Crippen LogP contribution in [0.1, 0.15) is 110 Å². The molecular weight excluding hydrogens is 328 g/mol. The number of rotatable bonds is 10. The maximum Gasteiger partial charge on any atom is 0.310 e. The first kappa shape index (κ1) is 21.2. The van der Waals surface area contributed by atoms with Gasteiger partial charge in [0.25, 0.3) is 0 Å². The van der Waals surface area contributed by atoms with Crippen molar-refractivity contribution in [3.05, 3.63) is 0 Å². The molecule has 4 heteroatoms. The van der Waals surface area contributed by atoms with E-state index in [0.717, 1.165) is 32.1 Å². The van der Waals surface area contributed by atoms with Crippen LogP contribution < -0.4 is 0 Å². The molecule has 0 bridgehead atoms. The van der Waals surface area contributed by atoms with Crippen molar-refractivity contribution in [2.45, 2.75) is 110 Å². The van der Waals surface area contributed by atoms with Gasteiger partial charge < -0.3 is 10.2 Å². The molecule has 2 aliphatic carbocycles. The average Bonchev–Trinajstić information content (AvgIpc) is 2.65. The van der Waals surface area contributed by atoms with E-state index in [-0.39, 0.29) is 0 Å². The molecule has 0 aromatic heterocycles. The lowest BCUT2D eigenvalue weighted by Gasteiger charge is -2.50. The Morgan fingerprint density at radius 1 is 0.769 bits per heavy atom. The summed E-state index contributed by atoms with van der Waals surface area (Å²) in [5.41, 5.74) is -2.08. The fourth-order valence-electron chi connectivity index (χ4n) is 5.62. The molecule has 0 spiro atoms. The van der Waals surface area contributed by atoms with E-state index >= 15 is 0 Å². The fourth-order valence-corrected chi connectivity index (χ4v) is 5.62. The third kappa shape index (κ3) is 4.43. The second-order valence-corrected chi connectivity index (χ2v) is 8.83. The van der Waals surface area contributed by atoms with Gasteiger partial charge in [-0.25, -0.2) is 0 Å². The van der Waals surface area contributed by atoms with Crippen LogP contribution in [0.2, 0.25) is 0 Å². The predicted octanol–water partition coefficient (Wildman–Crippen LogP) is 6.03. The second kappa shape index (κ2) is 9.75. The molecule has 2 N–H and O–H groups in total. The Bertz CT molecular complexity index is 457. The van der Waals surface area contributed by atoms with E-state index in [1.165, 1.54) is 44.9 Å². The Balaban J connectivity index is 1.94. The van der Waals surface area contributed by atoms with Gasteiger partial charge in [0.2, 0.25) is 0 Å². The molecule has 0 saturated heterocycles. The minimum atomic E-state index is -1.04. The van der Waals surface area contributed by atoms with E-state index in [9.17, 15) is 19.8 Å². The van der Waals surface area contributed by atoms with E-state index in [0.29, 0.717) is 31.6 Å². The molecule has 0 unspecified atom stereocenters. The highest BCUT2D eigenvalue weighted by Crippen LogP contribution is 2.58. The van der Waals surface area contributed by atoms with Crippen molar-refractivity contribution in [2.24, 2.45) is 16.7 Å². The number of hydrogen-bond acceptors (Lipinski definition) is 2. The lowest BCUT2D eigenvalue weighted by molar-refractivity contribution is -0.183. The molecule has 150 valence electrons. The number of carbonyl (C=O) groups is 2. The van der Waals surface area contributed by atoms with Crippen LogP contribution in [0, 0.1) is 16.7 Å². The monoisotopic (exact) mass is 366 g/mol. The quantitative estimate of drug-likeness (QED) is 0.463. The summed E-state index contributed by atoms with van der Waals surface area (Å²) >= 11 is 0. The Morgan fingerprint density at radius 2 is 1.27 bits per heavy atom. The van der Waals surface area contributed by atoms with Crippen molar-refractivity contribution in [2.75, 3.05) is 0 Å². The number of carboxylic acids is 2. The van der Waals surface area contributed by atoms with Crippen LogP contribution in [0.5, 0.6) is 0 Å². The summed E-state index contributed by atoms with van der Waals surface area (Å²) in [7, 11) is 0. The van der Waals surface area contributed by atoms with Crippen molar-refractivity contribution >= 4 is 11.9 Å². The standard InChI is InChI=1S/C22H38O4/c1-2-3-4-5-6-8-11-18-12-16-22(17-13-18,20(25)26)21(19(23)24)14-9-7-10-15-21/h18H,2-17H2,1H3,(H,23,24)(H,25,26)/t18-,22-. The van der Waals surface area contributed by atoms with Gasteiger partial charge in [-0.2, -0.15) is 0 Å². The normalized spacial score (nSPS) is 28.6. The van der Waals surface area contributed by atoms with Crippen LogP contribution >= 0.6 is 0 Å². The first-order valence-electron chi connectivity index (χ1n) is 11.0. The molecule has 0 aromatic carbocycles. The molecule has 2 rings (SSSR count). The third-order valence-electron chi connectivity index (χ3n) is 7.37. The van der Waals surface area contributed by atoms with Gasteiger partial charge in [-0.3, -0.25) is 9.59 Å². The van der Waals surface area contributed by atoms with Crippen molar-refractivity contribution in [1.82, 2.24) is 0 Å². The van der Waals surface area contributed by atoms with Crippen molar-refractivity contribution in [1.29, 1.82) is 0 Å². The van der Waals surface area contributed by atoms with Crippen molar-refractivity contribution in [3.8, 4) is 0 Å². The van der Waals surface area contributed by atoms with Gasteiger partial charge in [0, 0.05) is 0 Å². The van der Waals surface area contributed by atoms with Crippen LogP contribution in [0.25, 0.3) is 0 Å². The summed E-state index contributed by atoms with van der Waals surface area (Å²) in [6, 6.07) is 0. The van der Waals surface area contributed by atoms with E-state index in [1.54, 1.807) is 0 Å². The van der Waals surface area contributed by atoms with E-state index in [4.69, 9.17) is 0 Å². The summed E-state index contributed by atoms with van der Waals surface area (Å²) in [5.74, 6) is -1.14. The zero-order chi connectivity index (χ0) is 19.0. The van der Waals surface area contributed by atoms with Gasteiger partial charge in [0.05, 0.1) is 10.8 Å². The van der Waals surface area contributed by atoms with Gasteiger partial charge in [-0.1, -0.05) is 71.1 Å². The summed E-state index contributed by atoms with van der Waals surface area (Å²) in [6.07, 6.45) is 15.6. The van der Waals surface area contributed by atoms with Crippen LogP contribution in [0.4, 0.5) is 0 Å². The zero-order valence-electron chi connectivity index (χ0n) is 16.6. The van der Waals surface area contributed by atoms with Crippen LogP contribution in [0.3, 0.4) is 0 Å². The zero-order valence-corrected chi connectivity index (χ0v) is 16.6. The topological polar surface area (TPSA) is 74.6 Å². The summed E-state index contributed by atoms with van der Waals surface area (Å²) in [6.45, 7) is 2.23. The fraction of sp³-hybridized carbons (Fsp3) is 0.909. The molecule has 0 radical (unpaired) electrons. The lowest BCUT2D eigenvalue weighted by Crippen LogP contribution is -2.55.